The maximum atomic E-state index is 4.92. The minimum atomic E-state index is 0.537. The normalized spacial score (nSPS) is 32.7. The Labute approximate surface area is 55.3 Å². The number of hydrogen-bond acceptors (Lipinski definition) is 3. The quantitative estimate of drug-likeness (QED) is 0.529. The van der Waals surface area contributed by atoms with E-state index in [1.165, 1.54) is 0 Å². The van der Waals surface area contributed by atoms with E-state index in [1.807, 2.05) is 0 Å². The first-order valence-corrected chi connectivity index (χ1v) is 3.12. The Hall–Kier alpha value is -0.120. The highest BCUT2D eigenvalue weighted by molar-refractivity contribution is 4.97. The van der Waals surface area contributed by atoms with Crippen LogP contribution in [0.3, 0.4) is 0 Å². The third kappa shape index (κ3) is 1.93. The van der Waals surface area contributed by atoms with E-state index in [4.69, 9.17) is 9.47 Å². The van der Waals surface area contributed by atoms with Gasteiger partial charge >= 0.3 is 0 Å². The lowest BCUT2D eigenvalue weighted by Gasteiger charge is -1.93. The third-order valence-electron chi connectivity index (χ3n) is 1.50. The smallest absolute Gasteiger partial charge is 0.0632 e. The van der Waals surface area contributed by atoms with Gasteiger partial charge in [-0.15, -0.1) is 0 Å². The van der Waals surface area contributed by atoms with Crippen molar-refractivity contribution in [2.45, 2.75) is 12.1 Å². The second kappa shape index (κ2) is 3.15. The Morgan fingerprint density at radius 2 is 1.56 bits per heavy atom. The van der Waals surface area contributed by atoms with Crippen molar-refractivity contribution in [1.29, 1.82) is 0 Å². The number of hydrogen-bond donors (Lipinski definition) is 1. The summed E-state index contributed by atoms with van der Waals surface area (Å²) in [5.41, 5.74) is 0. The Bertz CT molecular complexity index is 77.1. The molecule has 0 unspecified atom stereocenters. The van der Waals surface area contributed by atoms with E-state index in [0.717, 1.165) is 13.2 Å². The molecule has 1 aliphatic heterocycles. The van der Waals surface area contributed by atoms with Crippen LogP contribution in [0.1, 0.15) is 0 Å². The van der Waals surface area contributed by atoms with Gasteiger partial charge in [-0.3, -0.25) is 0 Å². The second-order valence-corrected chi connectivity index (χ2v) is 2.29. The average Bonchev–Trinajstić information content (AvgIpc) is 2.50. The lowest BCUT2D eigenvalue weighted by atomic mass is 10.3. The SMILES string of the molecule is COC[C@@H]1N[C@H]1COC. The zero-order valence-electron chi connectivity index (χ0n) is 5.89. The zero-order chi connectivity index (χ0) is 6.69. The highest BCUT2D eigenvalue weighted by Crippen LogP contribution is 2.10. The number of rotatable bonds is 4. The highest BCUT2D eigenvalue weighted by atomic mass is 16.5. The third-order valence-corrected chi connectivity index (χ3v) is 1.50. The van der Waals surface area contributed by atoms with Gasteiger partial charge in [-0.2, -0.15) is 0 Å². The Morgan fingerprint density at radius 3 is 1.89 bits per heavy atom. The van der Waals surface area contributed by atoms with E-state index in [9.17, 15) is 0 Å². The molecule has 0 aromatic carbocycles. The van der Waals surface area contributed by atoms with Crippen molar-refractivity contribution in [3.63, 3.8) is 0 Å². The largest absolute Gasteiger partial charge is 0.383 e. The summed E-state index contributed by atoms with van der Waals surface area (Å²) in [6, 6.07) is 1.07. The predicted molar refractivity (Wildman–Crippen MR) is 34.5 cm³/mol. The molecule has 3 nitrogen and oxygen atoms in total. The van der Waals surface area contributed by atoms with E-state index in [0.29, 0.717) is 12.1 Å². The highest BCUT2D eigenvalue weighted by Gasteiger charge is 2.35. The molecule has 0 amide bonds. The molecule has 0 spiro atoms. The molecule has 1 rings (SSSR count). The van der Waals surface area contributed by atoms with Gasteiger partial charge in [-0.25, -0.2) is 0 Å². The first kappa shape index (κ1) is 6.99. The van der Waals surface area contributed by atoms with Crippen LogP contribution in [0.4, 0.5) is 0 Å². The maximum Gasteiger partial charge on any atom is 0.0632 e. The monoisotopic (exact) mass is 131 g/mol. The maximum absolute atomic E-state index is 4.92. The average molecular weight is 131 g/mol. The molecule has 0 radical (unpaired) electrons. The summed E-state index contributed by atoms with van der Waals surface area (Å²) in [7, 11) is 3.42. The van der Waals surface area contributed by atoms with Crippen LogP contribution in [-0.2, 0) is 9.47 Å². The number of methoxy groups -OCH3 is 2. The van der Waals surface area contributed by atoms with Gasteiger partial charge in [-0.1, -0.05) is 0 Å². The summed E-state index contributed by atoms with van der Waals surface area (Å²) in [5.74, 6) is 0. The van der Waals surface area contributed by atoms with Gasteiger partial charge < -0.3 is 14.8 Å². The molecule has 1 fully saturated rings. The molecule has 1 saturated heterocycles. The van der Waals surface area contributed by atoms with Crippen LogP contribution in [-0.4, -0.2) is 39.5 Å². The van der Waals surface area contributed by atoms with Crippen LogP contribution < -0.4 is 5.32 Å². The molecular formula is C6H13NO2. The molecule has 1 aliphatic rings. The predicted octanol–water partition coefficient (Wildman–Crippen LogP) is -0.380. The molecule has 0 bridgehead atoms. The topological polar surface area (TPSA) is 40.4 Å². The van der Waals surface area contributed by atoms with E-state index < -0.39 is 0 Å². The van der Waals surface area contributed by atoms with Crippen LogP contribution in [0.25, 0.3) is 0 Å². The van der Waals surface area contributed by atoms with Crippen molar-refractivity contribution in [3.8, 4) is 0 Å². The standard InChI is InChI=1S/C6H13NO2/c1-8-3-5-6(7-5)4-9-2/h5-7H,3-4H2,1-2H3/t5-,6-/m0/s1. The van der Waals surface area contributed by atoms with Crippen molar-refractivity contribution in [2.75, 3.05) is 27.4 Å². The first-order chi connectivity index (χ1) is 4.38. The van der Waals surface area contributed by atoms with Gasteiger partial charge in [0, 0.05) is 26.3 Å². The zero-order valence-corrected chi connectivity index (χ0v) is 5.89. The second-order valence-electron chi connectivity index (χ2n) is 2.29. The number of nitrogens with one attached hydrogen (secondary N) is 1. The Balaban J connectivity index is 1.96. The summed E-state index contributed by atoms with van der Waals surface area (Å²) in [5, 5.41) is 3.22. The Morgan fingerprint density at radius 1 is 1.11 bits per heavy atom. The molecule has 3 heteroatoms. The Kier molecular flexibility index (Phi) is 2.45. The van der Waals surface area contributed by atoms with Crippen LogP contribution >= 0.6 is 0 Å². The molecule has 2 atom stereocenters. The van der Waals surface area contributed by atoms with Crippen LogP contribution in [0.2, 0.25) is 0 Å². The summed E-state index contributed by atoms with van der Waals surface area (Å²) < 4.78 is 9.85. The molecule has 0 saturated carbocycles. The fourth-order valence-electron chi connectivity index (χ4n) is 0.907. The van der Waals surface area contributed by atoms with Crippen molar-refractivity contribution in [1.82, 2.24) is 5.32 Å². The lowest BCUT2D eigenvalue weighted by Crippen LogP contribution is -2.06. The van der Waals surface area contributed by atoms with E-state index in [2.05, 4.69) is 5.32 Å². The minimum Gasteiger partial charge on any atom is -0.383 e. The van der Waals surface area contributed by atoms with Gasteiger partial charge in [-0.05, 0) is 0 Å². The lowest BCUT2D eigenvalue weighted by molar-refractivity contribution is 0.179. The number of ether oxygens (including phenoxy) is 2. The van der Waals surface area contributed by atoms with Crippen LogP contribution in [0.15, 0.2) is 0 Å². The summed E-state index contributed by atoms with van der Waals surface area (Å²) >= 11 is 0. The molecule has 0 aromatic rings. The fraction of sp³-hybridized carbons (Fsp3) is 1.00. The summed E-state index contributed by atoms with van der Waals surface area (Å²) in [6.07, 6.45) is 0. The summed E-state index contributed by atoms with van der Waals surface area (Å²) in [6.45, 7) is 1.60. The van der Waals surface area contributed by atoms with E-state index in [1.54, 1.807) is 14.2 Å². The molecule has 0 aliphatic carbocycles. The van der Waals surface area contributed by atoms with Crippen LogP contribution in [0.5, 0.6) is 0 Å². The van der Waals surface area contributed by atoms with Gasteiger partial charge in [0.15, 0.2) is 0 Å². The van der Waals surface area contributed by atoms with Gasteiger partial charge in [0.25, 0.3) is 0 Å². The van der Waals surface area contributed by atoms with Gasteiger partial charge in [0.1, 0.15) is 0 Å². The van der Waals surface area contributed by atoms with Crippen LogP contribution in [0, 0.1) is 0 Å². The molecule has 9 heavy (non-hydrogen) atoms. The summed E-state index contributed by atoms with van der Waals surface area (Å²) in [4.78, 5) is 0. The molecule has 54 valence electrons. The van der Waals surface area contributed by atoms with E-state index >= 15 is 0 Å². The minimum absolute atomic E-state index is 0.537. The fourth-order valence-corrected chi connectivity index (χ4v) is 0.907. The van der Waals surface area contributed by atoms with Gasteiger partial charge in [0.2, 0.25) is 0 Å². The molecule has 0 aromatic heterocycles. The van der Waals surface area contributed by atoms with Crippen molar-refractivity contribution < 1.29 is 9.47 Å². The van der Waals surface area contributed by atoms with Crippen molar-refractivity contribution in [2.24, 2.45) is 0 Å². The van der Waals surface area contributed by atoms with E-state index in [-0.39, 0.29) is 0 Å². The molecule has 1 N–H and O–H groups in total. The van der Waals surface area contributed by atoms with Gasteiger partial charge in [0.05, 0.1) is 13.2 Å². The van der Waals surface area contributed by atoms with Crippen molar-refractivity contribution >= 4 is 0 Å². The molecule has 1 heterocycles. The van der Waals surface area contributed by atoms with Crippen molar-refractivity contribution in [3.05, 3.63) is 0 Å². The molecular weight excluding hydrogens is 118 g/mol. The first-order valence-electron chi connectivity index (χ1n) is 3.12.